The second-order valence-corrected chi connectivity index (χ2v) is 6.22. The first kappa shape index (κ1) is 14.5. The van der Waals surface area contributed by atoms with Gasteiger partial charge in [-0.05, 0) is 59.0 Å². The van der Waals surface area contributed by atoms with E-state index in [0.29, 0.717) is 10.7 Å². The van der Waals surface area contributed by atoms with Crippen molar-refractivity contribution in [1.29, 1.82) is 0 Å². The lowest BCUT2D eigenvalue weighted by atomic mass is 10.3. The average molecular weight is 337 g/mol. The number of rotatable bonds is 4. The normalized spacial score (nSPS) is 11.3. The van der Waals surface area contributed by atoms with Gasteiger partial charge in [0.1, 0.15) is 17.0 Å². The van der Waals surface area contributed by atoms with Gasteiger partial charge >= 0.3 is 10.1 Å². The summed E-state index contributed by atoms with van der Waals surface area (Å²) < 4.78 is 30.8. The molecular formula is C13H9ClN4O3S. The van der Waals surface area contributed by atoms with Crippen LogP contribution in [-0.4, -0.2) is 28.6 Å². The van der Waals surface area contributed by atoms with Gasteiger partial charge in [0.25, 0.3) is 0 Å². The molecule has 0 unspecified atom stereocenters. The number of aromatic nitrogens is 4. The lowest BCUT2D eigenvalue weighted by Crippen LogP contribution is -2.09. The first-order valence-electron chi connectivity index (χ1n) is 6.08. The number of tetrazole rings is 1. The van der Waals surface area contributed by atoms with Gasteiger partial charge in [-0.15, -0.1) is 5.10 Å². The van der Waals surface area contributed by atoms with Crippen molar-refractivity contribution in [2.24, 2.45) is 0 Å². The van der Waals surface area contributed by atoms with Crippen molar-refractivity contribution >= 4 is 21.7 Å². The second-order valence-electron chi connectivity index (χ2n) is 4.24. The summed E-state index contributed by atoms with van der Waals surface area (Å²) in [4.78, 5) is 0.0291. The highest BCUT2D eigenvalue weighted by molar-refractivity contribution is 7.87. The van der Waals surface area contributed by atoms with Gasteiger partial charge in [-0.2, -0.15) is 8.42 Å². The van der Waals surface area contributed by atoms with Crippen LogP contribution < -0.4 is 4.18 Å². The van der Waals surface area contributed by atoms with Crippen LogP contribution in [0, 0.1) is 0 Å². The highest BCUT2D eigenvalue weighted by Crippen LogP contribution is 2.21. The van der Waals surface area contributed by atoms with Crippen LogP contribution in [0.5, 0.6) is 5.75 Å². The summed E-state index contributed by atoms with van der Waals surface area (Å²) in [6.07, 6.45) is 1.43. The third-order valence-electron chi connectivity index (χ3n) is 2.76. The van der Waals surface area contributed by atoms with Crippen LogP contribution in [0.3, 0.4) is 0 Å². The summed E-state index contributed by atoms with van der Waals surface area (Å²) in [6.45, 7) is 0. The highest BCUT2D eigenvalue weighted by Gasteiger charge is 2.16. The van der Waals surface area contributed by atoms with Crippen molar-refractivity contribution in [3.8, 4) is 11.4 Å². The summed E-state index contributed by atoms with van der Waals surface area (Å²) in [5.74, 6) is 0.187. The van der Waals surface area contributed by atoms with Crippen molar-refractivity contribution in [3.63, 3.8) is 0 Å². The van der Waals surface area contributed by atoms with Crippen LogP contribution >= 0.6 is 11.6 Å². The summed E-state index contributed by atoms with van der Waals surface area (Å²) in [7, 11) is -3.90. The van der Waals surface area contributed by atoms with E-state index < -0.39 is 10.1 Å². The molecule has 0 bridgehead atoms. The molecule has 7 nitrogen and oxygen atoms in total. The number of halogens is 1. The van der Waals surface area contributed by atoms with Crippen molar-refractivity contribution in [3.05, 3.63) is 59.9 Å². The van der Waals surface area contributed by atoms with E-state index in [0.717, 1.165) is 0 Å². The minimum absolute atomic E-state index is 0.0291. The third-order valence-corrected chi connectivity index (χ3v) is 4.27. The predicted molar refractivity (Wildman–Crippen MR) is 78.4 cm³/mol. The van der Waals surface area contributed by atoms with Gasteiger partial charge in [-0.3, -0.25) is 0 Å². The molecule has 22 heavy (non-hydrogen) atoms. The largest absolute Gasteiger partial charge is 0.379 e. The molecule has 1 aromatic heterocycles. The highest BCUT2D eigenvalue weighted by atomic mass is 35.5. The van der Waals surface area contributed by atoms with Gasteiger partial charge in [0.2, 0.25) is 0 Å². The molecule has 3 aromatic rings. The molecule has 0 amide bonds. The van der Waals surface area contributed by atoms with Gasteiger partial charge in [0.05, 0.1) is 5.69 Å². The van der Waals surface area contributed by atoms with E-state index in [2.05, 4.69) is 15.5 Å². The van der Waals surface area contributed by atoms with Crippen molar-refractivity contribution in [2.75, 3.05) is 0 Å². The van der Waals surface area contributed by atoms with E-state index >= 15 is 0 Å². The second kappa shape index (κ2) is 5.74. The van der Waals surface area contributed by atoms with Gasteiger partial charge < -0.3 is 4.18 Å². The van der Waals surface area contributed by atoms with Crippen LogP contribution in [0.1, 0.15) is 0 Å². The Morgan fingerprint density at radius 2 is 1.68 bits per heavy atom. The van der Waals surface area contributed by atoms with Crippen LogP contribution in [-0.2, 0) is 10.1 Å². The molecule has 0 aliphatic rings. The van der Waals surface area contributed by atoms with Crippen LogP contribution in [0.4, 0.5) is 0 Å². The molecule has 0 radical (unpaired) electrons. The standard InChI is InChI=1S/C13H9ClN4O3S/c14-10-1-7-13(8-2-10)22(19,20)21-12-5-3-11(4-6-12)18-9-15-16-17-18/h1-9H. The zero-order chi connectivity index (χ0) is 15.6. The molecule has 0 saturated carbocycles. The number of benzene rings is 2. The molecule has 1 heterocycles. The Balaban J connectivity index is 1.82. The van der Waals surface area contributed by atoms with E-state index in [4.69, 9.17) is 15.8 Å². The fourth-order valence-corrected chi connectivity index (χ4v) is 2.77. The van der Waals surface area contributed by atoms with E-state index in [-0.39, 0.29) is 10.6 Å². The van der Waals surface area contributed by atoms with Gasteiger partial charge in [-0.1, -0.05) is 11.6 Å². The molecule has 3 rings (SSSR count). The van der Waals surface area contributed by atoms with Crippen molar-refractivity contribution in [1.82, 2.24) is 20.2 Å². The number of nitrogens with zero attached hydrogens (tertiary/aromatic N) is 4. The summed E-state index contributed by atoms with van der Waals surface area (Å²) in [6, 6.07) is 12.1. The van der Waals surface area contributed by atoms with Crippen molar-refractivity contribution in [2.45, 2.75) is 4.90 Å². The zero-order valence-electron chi connectivity index (χ0n) is 11.0. The molecule has 0 aliphatic carbocycles. The Kier molecular flexibility index (Phi) is 3.78. The maximum atomic E-state index is 12.1. The predicted octanol–water partition coefficient (Wildman–Crippen LogP) is 2.08. The molecule has 9 heteroatoms. The Morgan fingerprint density at radius 1 is 1.00 bits per heavy atom. The van der Waals surface area contributed by atoms with E-state index in [1.807, 2.05) is 0 Å². The Labute approximate surface area is 131 Å². The molecular weight excluding hydrogens is 328 g/mol. The van der Waals surface area contributed by atoms with Gasteiger partial charge in [-0.25, -0.2) is 4.68 Å². The zero-order valence-corrected chi connectivity index (χ0v) is 12.6. The molecule has 0 spiro atoms. The van der Waals surface area contributed by atoms with Gasteiger partial charge in [0.15, 0.2) is 0 Å². The molecule has 0 atom stereocenters. The minimum atomic E-state index is -3.90. The number of hydrogen-bond donors (Lipinski definition) is 0. The molecule has 0 fully saturated rings. The molecule has 0 saturated heterocycles. The molecule has 2 aromatic carbocycles. The smallest absolute Gasteiger partial charge is 0.339 e. The Bertz CT molecular complexity index is 863. The molecule has 0 N–H and O–H groups in total. The number of hydrogen-bond acceptors (Lipinski definition) is 6. The van der Waals surface area contributed by atoms with Crippen molar-refractivity contribution < 1.29 is 12.6 Å². The average Bonchev–Trinajstić information content (AvgIpc) is 3.02. The topological polar surface area (TPSA) is 87.0 Å². The molecule has 0 aliphatic heterocycles. The SMILES string of the molecule is O=S(=O)(Oc1ccc(-n2cnnn2)cc1)c1ccc(Cl)cc1. The summed E-state index contributed by atoms with van der Waals surface area (Å²) >= 11 is 5.73. The minimum Gasteiger partial charge on any atom is -0.379 e. The lowest BCUT2D eigenvalue weighted by molar-refractivity contribution is 0.486. The maximum absolute atomic E-state index is 12.1. The van der Waals surface area contributed by atoms with E-state index in [1.54, 1.807) is 12.1 Å². The summed E-state index contributed by atoms with van der Waals surface area (Å²) in [5, 5.41) is 11.2. The molecule has 112 valence electrons. The Morgan fingerprint density at radius 3 is 2.27 bits per heavy atom. The van der Waals surface area contributed by atoms with Crippen LogP contribution in [0.15, 0.2) is 59.8 Å². The summed E-state index contributed by atoms with van der Waals surface area (Å²) in [5.41, 5.74) is 0.682. The van der Waals surface area contributed by atoms with Gasteiger partial charge in [0, 0.05) is 5.02 Å². The fraction of sp³-hybridized carbons (Fsp3) is 0. The van der Waals surface area contributed by atoms with Crippen LogP contribution in [0.25, 0.3) is 5.69 Å². The monoisotopic (exact) mass is 336 g/mol. The first-order chi connectivity index (χ1) is 10.5. The lowest BCUT2D eigenvalue weighted by Gasteiger charge is -2.07. The first-order valence-corrected chi connectivity index (χ1v) is 7.87. The van der Waals surface area contributed by atoms with Crippen LogP contribution in [0.2, 0.25) is 5.02 Å². The fourth-order valence-electron chi connectivity index (χ4n) is 1.71. The third kappa shape index (κ3) is 3.07. The quantitative estimate of drug-likeness (QED) is 0.678. The van der Waals surface area contributed by atoms with E-state index in [9.17, 15) is 8.42 Å². The van der Waals surface area contributed by atoms with E-state index in [1.165, 1.54) is 47.4 Å². The maximum Gasteiger partial charge on any atom is 0.339 e. The Hall–Kier alpha value is -2.45.